The molecule has 0 heterocycles. The highest BCUT2D eigenvalue weighted by atomic mass is 19.1. The summed E-state index contributed by atoms with van der Waals surface area (Å²) in [6.45, 7) is -0.677. The molecule has 76 valence electrons. The number of halogens is 1. The van der Waals surface area contributed by atoms with Crippen molar-refractivity contribution in [3.05, 3.63) is 0 Å². The van der Waals surface area contributed by atoms with Crippen molar-refractivity contribution in [2.75, 3.05) is 26.5 Å². The molecular weight excluding hydrogens is 175 g/mol. The van der Waals surface area contributed by atoms with E-state index < -0.39 is 12.3 Å². The van der Waals surface area contributed by atoms with Crippen molar-refractivity contribution in [1.29, 1.82) is 0 Å². The SMILES string of the molecule is C#CCC(O)(CCF)COCCO. The van der Waals surface area contributed by atoms with Gasteiger partial charge in [0, 0.05) is 12.8 Å². The molecule has 3 nitrogen and oxygen atoms in total. The Hall–Kier alpha value is -0.630. The first-order valence-electron chi connectivity index (χ1n) is 4.09. The minimum atomic E-state index is -1.29. The summed E-state index contributed by atoms with van der Waals surface area (Å²) >= 11 is 0. The van der Waals surface area contributed by atoms with E-state index in [4.69, 9.17) is 16.3 Å². The summed E-state index contributed by atoms with van der Waals surface area (Å²) < 4.78 is 16.9. The largest absolute Gasteiger partial charge is 0.394 e. The predicted molar refractivity (Wildman–Crippen MR) is 46.9 cm³/mol. The van der Waals surface area contributed by atoms with Crippen molar-refractivity contribution >= 4 is 0 Å². The third-order valence-corrected chi connectivity index (χ3v) is 1.60. The number of hydrogen-bond acceptors (Lipinski definition) is 3. The summed E-state index contributed by atoms with van der Waals surface area (Å²) in [5.41, 5.74) is -1.29. The highest BCUT2D eigenvalue weighted by Crippen LogP contribution is 2.15. The molecular formula is C9H15FO3. The maximum absolute atomic E-state index is 12.0. The van der Waals surface area contributed by atoms with Gasteiger partial charge in [0.1, 0.15) is 5.60 Å². The molecule has 0 spiro atoms. The molecule has 0 bridgehead atoms. The zero-order valence-electron chi connectivity index (χ0n) is 7.50. The second kappa shape index (κ2) is 6.84. The summed E-state index contributed by atoms with van der Waals surface area (Å²) in [5.74, 6) is 2.26. The number of hydrogen-bond donors (Lipinski definition) is 2. The van der Waals surface area contributed by atoms with Crippen LogP contribution in [0.4, 0.5) is 4.39 Å². The van der Waals surface area contributed by atoms with E-state index in [0.29, 0.717) is 0 Å². The summed E-state index contributed by atoms with van der Waals surface area (Å²) in [4.78, 5) is 0. The van der Waals surface area contributed by atoms with Crippen molar-refractivity contribution in [1.82, 2.24) is 0 Å². The van der Waals surface area contributed by atoms with Crippen LogP contribution in [0.3, 0.4) is 0 Å². The average molecular weight is 190 g/mol. The summed E-state index contributed by atoms with van der Waals surface area (Å²) in [5, 5.41) is 18.1. The van der Waals surface area contributed by atoms with E-state index in [9.17, 15) is 9.50 Å². The standard InChI is InChI=1S/C9H15FO3/c1-2-3-9(12,4-5-10)8-13-7-6-11/h1,11-12H,3-8H2. The van der Waals surface area contributed by atoms with Crippen LogP contribution in [0, 0.1) is 12.3 Å². The minimum absolute atomic E-state index is 0.0391. The van der Waals surface area contributed by atoms with Gasteiger partial charge in [-0.15, -0.1) is 12.3 Å². The molecule has 2 N–H and O–H groups in total. The molecule has 0 aliphatic heterocycles. The van der Waals surface area contributed by atoms with Crippen molar-refractivity contribution in [3.63, 3.8) is 0 Å². The van der Waals surface area contributed by atoms with E-state index in [1.54, 1.807) is 0 Å². The van der Waals surface area contributed by atoms with Gasteiger partial charge in [0.25, 0.3) is 0 Å². The predicted octanol–water partition coefficient (Wildman–Crippen LogP) is 0.109. The fraction of sp³-hybridized carbons (Fsp3) is 0.778. The van der Waals surface area contributed by atoms with Crippen molar-refractivity contribution in [2.24, 2.45) is 0 Å². The van der Waals surface area contributed by atoms with Gasteiger partial charge in [0.2, 0.25) is 0 Å². The number of ether oxygens (including phenoxy) is 1. The molecule has 0 amide bonds. The smallest absolute Gasteiger partial charge is 0.101 e. The Morgan fingerprint density at radius 3 is 2.69 bits per heavy atom. The second-order valence-corrected chi connectivity index (χ2v) is 2.82. The number of alkyl halides is 1. The Balaban J connectivity index is 3.85. The van der Waals surface area contributed by atoms with E-state index in [1.807, 2.05) is 0 Å². The molecule has 0 saturated heterocycles. The summed E-state index contributed by atoms with van der Waals surface area (Å²) in [6.07, 6.45) is 5.03. The zero-order chi connectivity index (χ0) is 10.2. The summed E-state index contributed by atoms with van der Waals surface area (Å²) in [6, 6.07) is 0. The van der Waals surface area contributed by atoms with Gasteiger partial charge in [-0.25, -0.2) is 0 Å². The molecule has 1 unspecified atom stereocenters. The van der Waals surface area contributed by atoms with Gasteiger partial charge in [0.15, 0.2) is 0 Å². The van der Waals surface area contributed by atoms with Crippen LogP contribution in [-0.4, -0.2) is 42.3 Å². The van der Waals surface area contributed by atoms with E-state index in [2.05, 4.69) is 5.92 Å². The van der Waals surface area contributed by atoms with Gasteiger partial charge >= 0.3 is 0 Å². The van der Waals surface area contributed by atoms with E-state index in [1.165, 1.54) is 0 Å². The lowest BCUT2D eigenvalue weighted by atomic mass is 9.98. The van der Waals surface area contributed by atoms with Crippen molar-refractivity contribution < 1.29 is 19.3 Å². The molecule has 0 aliphatic carbocycles. The first-order chi connectivity index (χ1) is 6.18. The molecule has 1 atom stereocenters. The van der Waals surface area contributed by atoms with Crippen LogP contribution in [0.2, 0.25) is 0 Å². The Kier molecular flexibility index (Phi) is 6.51. The molecule has 0 aliphatic rings. The lowest BCUT2D eigenvalue weighted by molar-refractivity contribution is -0.0569. The number of rotatable bonds is 7. The Morgan fingerprint density at radius 2 is 2.23 bits per heavy atom. The Morgan fingerprint density at radius 1 is 1.54 bits per heavy atom. The number of aliphatic hydroxyl groups excluding tert-OH is 1. The monoisotopic (exact) mass is 190 g/mol. The average Bonchev–Trinajstić information content (AvgIpc) is 2.05. The molecule has 0 rings (SSSR count). The molecule has 13 heavy (non-hydrogen) atoms. The third-order valence-electron chi connectivity index (χ3n) is 1.60. The molecule has 0 aromatic heterocycles. The first kappa shape index (κ1) is 12.4. The zero-order valence-corrected chi connectivity index (χ0v) is 7.50. The van der Waals surface area contributed by atoms with Crippen LogP contribution in [-0.2, 0) is 4.74 Å². The fourth-order valence-corrected chi connectivity index (χ4v) is 0.904. The lowest BCUT2D eigenvalue weighted by Gasteiger charge is -2.24. The normalized spacial score (nSPS) is 14.9. The minimum Gasteiger partial charge on any atom is -0.394 e. The van der Waals surface area contributed by atoms with Gasteiger partial charge < -0.3 is 14.9 Å². The van der Waals surface area contributed by atoms with Gasteiger partial charge in [-0.1, -0.05) is 0 Å². The van der Waals surface area contributed by atoms with Crippen LogP contribution >= 0.6 is 0 Å². The van der Waals surface area contributed by atoms with Crippen LogP contribution in [0.15, 0.2) is 0 Å². The van der Waals surface area contributed by atoms with Gasteiger partial charge in [0.05, 0.1) is 26.5 Å². The van der Waals surface area contributed by atoms with E-state index in [0.717, 1.165) is 0 Å². The van der Waals surface area contributed by atoms with Crippen LogP contribution < -0.4 is 0 Å². The molecule has 0 aromatic rings. The van der Waals surface area contributed by atoms with Gasteiger partial charge in [-0.05, 0) is 0 Å². The van der Waals surface area contributed by atoms with Crippen molar-refractivity contribution in [2.45, 2.75) is 18.4 Å². The van der Waals surface area contributed by atoms with Gasteiger partial charge in [-0.2, -0.15) is 0 Å². The van der Waals surface area contributed by atoms with Gasteiger partial charge in [-0.3, -0.25) is 4.39 Å². The molecule has 0 fully saturated rings. The molecule has 4 heteroatoms. The Bertz CT molecular complexity index is 167. The molecule has 0 aromatic carbocycles. The van der Waals surface area contributed by atoms with E-state index >= 15 is 0 Å². The summed E-state index contributed by atoms with van der Waals surface area (Å²) in [7, 11) is 0. The number of aliphatic hydroxyl groups is 2. The maximum atomic E-state index is 12.0. The van der Waals surface area contributed by atoms with E-state index in [-0.39, 0.29) is 32.7 Å². The lowest BCUT2D eigenvalue weighted by Crippen LogP contribution is -2.35. The molecule has 0 radical (unpaired) electrons. The van der Waals surface area contributed by atoms with Crippen LogP contribution in [0.1, 0.15) is 12.8 Å². The maximum Gasteiger partial charge on any atom is 0.101 e. The van der Waals surface area contributed by atoms with Crippen molar-refractivity contribution in [3.8, 4) is 12.3 Å². The van der Waals surface area contributed by atoms with Crippen LogP contribution in [0.5, 0.6) is 0 Å². The fourth-order valence-electron chi connectivity index (χ4n) is 0.904. The van der Waals surface area contributed by atoms with Crippen LogP contribution in [0.25, 0.3) is 0 Å². The highest BCUT2D eigenvalue weighted by Gasteiger charge is 2.25. The topological polar surface area (TPSA) is 49.7 Å². The highest BCUT2D eigenvalue weighted by molar-refractivity contribution is 4.95. The quantitative estimate of drug-likeness (QED) is 0.442. The number of terminal acetylenes is 1. The third kappa shape index (κ3) is 5.58. The first-order valence-corrected chi connectivity index (χ1v) is 4.09. The molecule has 0 saturated carbocycles. The second-order valence-electron chi connectivity index (χ2n) is 2.82. The Labute approximate surface area is 77.5 Å².